The predicted octanol–water partition coefficient (Wildman–Crippen LogP) is 2.64. The number of benzene rings is 1. The normalized spacial score (nSPS) is 10.7. The molecule has 1 aromatic heterocycles. The van der Waals surface area contributed by atoms with Gasteiger partial charge in [-0.15, -0.1) is 0 Å². The summed E-state index contributed by atoms with van der Waals surface area (Å²) in [6, 6.07) is 8.10. The molecule has 0 amide bonds. The van der Waals surface area contributed by atoms with Crippen LogP contribution in [0.25, 0.3) is 0 Å². The van der Waals surface area contributed by atoms with Gasteiger partial charge >= 0.3 is 0 Å². The lowest BCUT2D eigenvalue weighted by Gasteiger charge is -2.12. The number of nitrogens with zero attached hydrogens (tertiary/aromatic N) is 3. The third kappa shape index (κ3) is 5.00. The van der Waals surface area contributed by atoms with Crippen molar-refractivity contribution in [1.82, 2.24) is 14.9 Å². The third-order valence-electron chi connectivity index (χ3n) is 2.79. The number of aromatic nitrogens is 2. The van der Waals surface area contributed by atoms with E-state index < -0.39 is 0 Å². The van der Waals surface area contributed by atoms with Crippen molar-refractivity contribution in [3.63, 3.8) is 0 Å². The highest BCUT2D eigenvalue weighted by molar-refractivity contribution is 5.57. The first kappa shape index (κ1) is 15.2. The van der Waals surface area contributed by atoms with Crippen molar-refractivity contribution >= 4 is 17.5 Å². The number of hydrogen-bond donors (Lipinski definition) is 2. The van der Waals surface area contributed by atoms with E-state index >= 15 is 0 Å². The number of nitrogens with one attached hydrogen (secondary N) is 2. The van der Waals surface area contributed by atoms with E-state index in [9.17, 15) is 4.39 Å². The quantitative estimate of drug-likeness (QED) is 0.856. The molecular formula is C15H20FN5. The van der Waals surface area contributed by atoms with Crippen molar-refractivity contribution in [2.75, 3.05) is 37.8 Å². The summed E-state index contributed by atoms with van der Waals surface area (Å²) in [4.78, 5) is 10.8. The first-order chi connectivity index (χ1) is 10.0. The van der Waals surface area contributed by atoms with Crippen molar-refractivity contribution in [2.24, 2.45) is 0 Å². The molecule has 2 rings (SSSR count). The minimum absolute atomic E-state index is 0.282. The molecule has 0 saturated carbocycles. The molecular weight excluding hydrogens is 269 g/mol. The number of likely N-dealkylation sites (N-methyl/N-ethyl adjacent to an activating group) is 1. The van der Waals surface area contributed by atoms with E-state index in [0.717, 1.165) is 18.8 Å². The molecule has 2 N–H and O–H groups in total. The van der Waals surface area contributed by atoms with Gasteiger partial charge in [0.2, 0.25) is 5.95 Å². The summed E-state index contributed by atoms with van der Waals surface area (Å²) in [6.45, 7) is 3.55. The van der Waals surface area contributed by atoms with Crippen LogP contribution in [0, 0.1) is 12.7 Å². The van der Waals surface area contributed by atoms with Crippen LogP contribution in [0.2, 0.25) is 0 Å². The molecule has 0 aliphatic rings. The van der Waals surface area contributed by atoms with Gasteiger partial charge in [0, 0.05) is 30.5 Å². The zero-order valence-corrected chi connectivity index (χ0v) is 12.5. The number of halogens is 1. The van der Waals surface area contributed by atoms with Crippen LogP contribution in [0.15, 0.2) is 30.3 Å². The molecule has 21 heavy (non-hydrogen) atoms. The summed E-state index contributed by atoms with van der Waals surface area (Å²) < 4.78 is 13.2. The van der Waals surface area contributed by atoms with E-state index in [0.29, 0.717) is 17.5 Å². The predicted molar refractivity (Wildman–Crippen MR) is 83.5 cm³/mol. The second kappa shape index (κ2) is 6.99. The molecule has 5 nitrogen and oxygen atoms in total. The first-order valence-electron chi connectivity index (χ1n) is 6.80. The van der Waals surface area contributed by atoms with Gasteiger partial charge in [-0.2, -0.15) is 4.98 Å². The summed E-state index contributed by atoms with van der Waals surface area (Å²) >= 11 is 0. The van der Waals surface area contributed by atoms with E-state index in [1.54, 1.807) is 12.1 Å². The minimum atomic E-state index is -0.282. The lowest BCUT2D eigenvalue weighted by atomic mass is 10.3. The molecule has 0 unspecified atom stereocenters. The molecule has 0 fully saturated rings. The second-order valence-corrected chi connectivity index (χ2v) is 5.08. The monoisotopic (exact) mass is 289 g/mol. The number of anilines is 3. The van der Waals surface area contributed by atoms with Gasteiger partial charge in [-0.3, -0.25) is 0 Å². The number of aryl methyl sites for hydroxylation is 1. The van der Waals surface area contributed by atoms with Crippen LogP contribution < -0.4 is 10.6 Å². The molecule has 0 saturated heterocycles. The smallest absolute Gasteiger partial charge is 0.224 e. The van der Waals surface area contributed by atoms with Crippen LogP contribution in [0.4, 0.5) is 21.8 Å². The summed E-state index contributed by atoms with van der Waals surface area (Å²) in [6.07, 6.45) is 0. The van der Waals surface area contributed by atoms with Crippen LogP contribution in [0.1, 0.15) is 5.69 Å². The highest BCUT2D eigenvalue weighted by Crippen LogP contribution is 2.17. The zero-order chi connectivity index (χ0) is 15.2. The number of rotatable bonds is 6. The Morgan fingerprint density at radius 2 is 2.00 bits per heavy atom. The Bertz CT molecular complexity index is 600. The molecule has 0 aliphatic heterocycles. The van der Waals surface area contributed by atoms with E-state index in [-0.39, 0.29) is 5.82 Å². The van der Waals surface area contributed by atoms with Crippen LogP contribution in [-0.2, 0) is 0 Å². The van der Waals surface area contributed by atoms with Gasteiger partial charge in [0.15, 0.2) is 0 Å². The Hall–Kier alpha value is -2.21. The number of hydrogen-bond acceptors (Lipinski definition) is 5. The van der Waals surface area contributed by atoms with Gasteiger partial charge in [0.1, 0.15) is 11.6 Å². The molecule has 0 bridgehead atoms. The highest BCUT2D eigenvalue weighted by Gasteiger charge is 2.03. The molecule has 0 spiro atoms. The Morgan fingerprint density at radius 1 is 1.19 bits per heavy atom. The highest BCUT2D eigenvalue weighted by atomic mass is 19.1. The van der Waals surface area contributed by atoms with Gasteiger partial charge in [-0.1, -0.05) is 6.07 Å². The van der Waals surface area contributed by atoms with E-state index in [1.165, 1.54) is 12.1 Å². The Kier molecular flexibility index (Phi) is 5.05. The Morgan fingerprint density at radius 3 is 2.71 bits per heavy atom. The lowest BCUT2D eigenvalue weighted by molar-refractivity contribution is 0.425. The first-order valence-corrected chi connectivity index (χ1v) is 6.80. The molecule has 6 heteroatoms. The van der Waals surface area contributed by atoms with E-state index in [2.05, 4.69) is 25.5 Å². The molecule has 1 aromatic carbocycles. The van der Waals surface area contributed by atoms with Crippen molar-refractivity contribution < 1.29 is 4.39 Å². The summed E-state index contributed by atoms with van der Waals surface area (Å²) in [5.74, 6) is 0.923. The van der Waals surface area contributed by atoms with Crippen molar-refractivity contribution in [3.8, 4) is 0 Å². The zero-order valence-electron chi connectivity index (χ0n) is 12.5. The average molecular weight is 289 g/mol. The van der Waals surface area contributed by atoms with Crippen LogP contribution >= 0.6 is 0 Å². The van der Waals surface area contributed by atoms with Crippen LogP contribution in [0.5, 0.6) is 0 Å². The van der Waals surface area contributed by atoms with E-state index in [1.807, 2.05) is 27.1 Å². The van der Waals surface area contributed by atoms with Crippen molar-refractivity contribution in [2.45, 2.75) is 6.92 Å². The Balaban J connectivity index is 2.07. The van der Waals surface area contributed by atoms with Gasteiger partial charge in [-0.25, -0.2) is 9.37 Å². The van der Waals surface area contributed by atoms with Gasteiger partial charge in [0.25, 0.3) is 0 Å². The standard InChI is InChI=1S/C15H20FN5/c1-11-9-14(19-13-6-4-5-12(16)10-13)20-15(18-11)17-7-8-21(2)3/h4-6,9-10H,7-8H2,1-3H3,(H2,17,18,19,20). The summed E-state index contributed by atoms with van der Waals surface area (Å²) in [7, 11) is 4.02. The molecule has 0 aliphatic carbocycles. The largest absolute Gasteiger partial charge is 0.353 e. The molecule has 112 valence electrons. The van der Waals surface area contributed by atoms with Crippen LogP contribution in [-0.4, -0.2) is 42.1 Å². The topological polar surface area (TPSA) is 53.1 Å². The summed E-state index contributed by atoms with van der Waals surface area (Å²) in [5, 5.41) is 6.26. The molecule has 0 radical (unpaired) electrons. The maximum Gasteiger partial charge on any atom is 0.224 e. The van der Waals surface area contributed by atoms with Crippen molar-refractivity contribution in [1.29, 1.82) is 0 Å². The van der Waals surface area contributed by atoms with Gasteiger partial charge < -0.3 is 15.5 Å². The minimum Gasteiger partial charge on any atom is -0.353 e. The van der Waals surface area contributed by atoms with Gasteiger partial charge in [0.05, 0.1) is 0 Å². The fraction of sp³-hybridized carbons (Fsp3) is 0.333. The third-order valence-corrected chi connectivity index (χ3v) is 2.79. The fourth-order valence-corrected chi connectivity index (χ4v) is 1.82. The maximum atomic E-state index is 13.2. The van der Waals surface area contributed by atoms with Crippen LogP contribution in [0.3, 0.4) is 0 Å². The van der Waals surface area contributed by atoms with Gasteiger partial charge in [-0.05, 0) is 39.2 Å². The lowest BCUT2D eigenvalue weighted by Crippen LogP contribution is -2.21. The summed E-state index contributed by atoms with van der Waals surface area (Å²) in [5.41, 5.74) is 1.50. The Labute approximate surface area is 124 Å². The second-order valence-electron chi connectivity index (χ2n) is 5.08. The SMILES string of the molecule is Cc1cc(Nc2cccc(F)c2)nc(NCCN(C)C)n1. The molecule has 1 heterocycles. The van der Waals surface area contributed by atoms with Crippen molar-refractivity contribution in [3.05, 3.63) is 41.8 Å². The van der Waals surface area contributed by atoms with E-state index in [4.69, 9.17) is 0 Å². The maximum absolute atomic E-state index is 13.2. The average Bonchev–Trinajstić information content (AvgIpc) is 2.37. The molecule has 2 aromatic rings. The fourth-order valence-electron chi connectivity index (χ4n) is 1.82. The molecule has 0 atom stereocenters.